The fourth-order valence-electron chi connectivity index (χ4n) is 3.79. The summed E-state index contributed by atoms with van der Waals surface area (Å²) < 4.78 is 2.51. The van der Waals surface area contributed by atoms with E-state index < -0.39 is 0 Å². The van der Waals surface area contributed by atoms with Gasteiger partial charge in [0, 0.05) is 43.4 Å². The van der Waals surface area contributed by atoms with E-state index in [1.807, 2.05) is 0 Å². The number of rotatable bonds is 3. The number of halogens is 2. The highest BCUT2D eigenvalue weighted by atomic mass is 79.9. The number of hydrogen-bond acceptors (Lipinski definition) is 5. The van der Waals surface area contributed by atoms with Crippen LogP contribution in [0.15, 0.2) is 25.0 Å². The maximum absolute atomic E-state index is 12.6. The minimum absolute atomic E-state index is 0.0283. The minimum atomic E-state index is -0.380. The van der Waals surface area contributed by atoms with Crippen LogP contribution in [0, 0.1) is 0 Å². The van der Waals surface area contributed by atoms with E-state index in [1.165, 1.54) is 0 Å². The number of H-pyrrole nitrogens is 1. The monoisotopic (exact) mass is 458 g/mol. The van der Waals surface area contributed by atoms with Crippen molar-refractivity contribution in [2.24, 2.45) is 0 Å². The predicted molar refractivity (Wildman–Crippen MR) is 110 cm³/mol. The first kappa shape index (κ1) is 18.6. The van der Waals surface area contributed by atoms with E-state index in [2.05, 4.69) is 37.6 Å². The number of thioether (sulfide) groups is 1. The molecule has 0 saturated carbocycles. The first-order valence-electron chi connectivity index (χ1n) is 8.73. The molecule has 1 aromatic carbocycles. The van der Waals surface area contributed by atoms with E-state index in [0.717, 1.165) is 54.4 Å². The zero-order valence-corrected chi connectivity index (χ0v) is 17.6. The molecule has 0 spiro atoms. The molecule has 3 heterocycles. The molecule has 0 amide bonds. The van der Waals surface area contributed by atoms with Gasteiger partial charge in [0.05, 0.1) is 26.4 Å². The summed E-state index contributed by atoms with van der Waals surface area (Å²) in [5, 5.41) is 0.964. The summed E-state index contributed by atoms with van der Waals surface area (Å²) in [4.78, 5) is 33.1. The van der Waals surface area contributed by atoms with Gasteiger partial charge < -0.3 is 4.90 Å². The molecule has 1 aromatic heterocycles. The maximum atomic E-state index is 12.6. The summed E-state index contributed by atoms with van der Waals surface area (Å²) in [6.45, 7) is 8.21. The Kier molecular flexibility index (Phi) is 5.22. The van der Waals surface area contributed by atoms with Crippen molar-refractivity contribution in [2.75, 3.05) is 45.0 Å². The molecular weight excluding hydrogens is 440 g/mol. The van der Waals surface area contributed by atoms with E-state index in [1.54, 1.807) is 22.4 Å². The van der Waals surface area contributed by atoms with E-state index in [0.29, 0.717) is 15.9 Å². The highest BCUT2D eigenvalue weighted by molar-refractivity contribution is 9.10. The van der Waals surface area contributed by atoms with Gasteiger partial charge in [-0.25, -0.2) is 4.79 Å². The smallest absolute Gasteiger partial charge is 0.301 e. The molecule has 4 rings (SSSR count). The highest BCUT2D eigenvalue weighted by Gasteiger charge is 2.29. The maximum Gasteiger partial charge on any atom is 0.329 e. The second-order valence-corrected chi connectivity index (χ2v) is 8.96. The Bertz CT molecular complexity index is 968. The summed E-state index contributed by atoms with van der Waals surface area (Å²) in [5.74, 6) is 0.779. The zero-order chi connectivity index (χ0) is 18.4. The average molecular weight is 460 g/mol. The second-order valence-electron chi connectivity index (χ2n) is 6.73. The van der Waals surface area contributed by atoms with Crippen LogP contribution in [0.2, 0.25) is 5.02 Å². The quantitative estimate of drug-likeness (QED) is 0.764. The van der Waals surface area contributed by atoms with Gasteiger partial charge in [0.2, 0.25) is 0 Å². The Morgan fingerprint density at radius 1 is 1.27 bits per heavy atom. The second kappa shape index (κ2) is 7.31. The van der Waals surface area contributed by atoms with Crippen LogP contribution >= 0.6 is 39.3 Å². The molecule has 1 saturated heterocycles. The molecule has 2 aromatic rings. The van der Waals surface area contributed by atoms with Crippen molar-refractivity contribution in [3.8, 4) is 0 Å². The van der Waals surface area contributed by atoms with Gasteiger partial charge in [-0.15, -0.1) is 11.8 Å². The zero-order valence-electron chi connectivity index (χ0n) is 14.4. The lowest BCUT2D eigenvalue weighted by Gasteiger charge is -2.37. The number of piperazine rings is 1. The molecule has 2 aliphatic rings. The van der Waals surface area contributed by atoms with Crippen molar-refractivity contribution in [1.82, 2.24) is 19.4 Å². The van der Waals surface area contributed by atoms with Crippen molar-refractivity contribution >= 4 is 50.2 Å². The molecule has 1 fully saturated rings. The molecule has 26 heavy (non-hydrogen) atoms. The van der Waals surface area contributed by atoms with Gasteiger partial charge in [-0.05, 0) is 28.5 Å². The number of likely N-dealkylation sites (N-methyl/N-ethyl adjacent to an activating group) is 1. The van der Waals surface area contributed by atoms with Crippen LogP contribution in [-0.4, -0.2) is 64.4 Å². The Hall–Kier alpha value is -0.800. The largest absolute Gasteiger partial charge is 0.329 e. The molecule has 6 nitrogen and oxygen atoms in total. The highest BCUT2D eigenvalue weighted by Crippen LogP contribution is 2.43. The number of aromatic amines is 1. The first-order chi connectivity index (χ1) is 12.5. The Labute approximate surface area is 168 Å². The number of benzene rings is 1. The topological polar surface area (TPSA) is 61.3 Å². The van der Waals surface area contributed by atoms with Crippen LogP contribution in [0.3, 0.4) is 0 Å². The lowest BCUT2D eigenvalue weighted by atomic mass is 10.2. The molecule has 1 atom stereocenters. The van der Waals surface area contributed by atoms with Gasteiger partial charge in [0.15, 0.2) is 0 Å². The van der Waals surface area contributed by atoms with Crippen LogP contribution in [-0.2, 0) is 0 Å². The van der Waals surface area contributed by atoms with Crippen molar-refractivity contribution < 1.29 is 0 Å². The molecule has 0 bridgehead atoms. The van der Waals surface area contributed by atoms with Gasteiger partial charge in [-0.1, -0.05) is 18.5 Å². The first-order valence-corrected chi connectivity index (χ1v) is 10.9. The van der Waals surface area contributed by atoms with Crippen molar-refractivity contribution in [3.05, 3.63) is 36.4 Å². The third-order valence-corrected chi connectivity index (χ3v) is 8.09. The minimum Gasteiger partial charge on any atom is -0.301 e. The standard InChI is InChI=1S/C17H20BrClN4O2S/c1-2-21-3-5-22(6-4-21)8-10-9-26-15-13(18)12(19)7-11-14(15)23(10)17(25)20-16(11)24/h7,10H,2-6,8-9H2,1H3,(H,20,24,25). The lowest BCUT2D eigenvalue weighted by molar-refractivity contribution is 0.125. The fourth-order valence-corrected chi connectivity index (χ4v) is 5.89. The molecule has 1 unspecified atom stereocenters. The molecular formula is C17H20BrClN4O2S. The van der Waals surface area contributed by atoms with E-state index in [4.69, 9.17) is 11.6 Å². The summed E-state index contributed by atoms with van der Waals surface area (Å²) in [6.07, 6.45) is 0. The molecule has 140 valence electrons. The van der Waals surface area contributed by atoms with Gasteiger partial charge >= 0.3 is 5.69 Å². The van der Waals surface area contributed by atoms with Crippen molar-refractivity contribution in [2.45, 2.75) is 17.9 Å². The average Bonchev–Trinajstić information content (AvgIpc) is 2.64. The summed E-state index contributed by atoms with van der Waals surface area (Å²) in [6, 6.07) is 1.67. The Morgan fingerprint density at radius 2 is 1.96 bits per heavy atom. The summed E-state index contributed by atoms with van der Waals surface area (Å²) in [5.41, 5.74) is -0.0198. The Balaban J connectivity index is 1.74. The molecule has 1 N–H and O–H groups in total. The van der Waals surface area contributed by atoms with Gasteiger partial charge in [0.25, 0.3) is 5.56 Å². The van der Waals surface area contributed by atoms with Gasteiger partial charge in [-0.2, -0.15) is 0 Å². The van der Waals surface area contributed by atoms with Crippen LogP contribution in [0.4, 0.5) is 0 Å². The third-order valence-electron chi connectivity index (χ3n) is 5.24. The van der Waals surface area contributed by atoms with Gasteiger partial charge in [0.1, 0.15) is 0 Å². The van der Waals surface area contributed by atoms with Crippen LogP contribution in [0.1, 0.15) is 13.0 Å². The lowest BCUT2D eigenvalue weighted by Crippen LogP contribution is -2.49. The Morgan fingerprint density at radius 3 is 2.65 bits per heavy atom. The van der Waals surface area contributed by atoms with Crippen LogP contribution < -0.4 is 11.2 Å². The molecule has 2 aliphatic heterocycles. The molecule has 9 heteroatoms. The molecule has 0 aliphatic carbocycles. The number of nitrogens with one attached hydrogen (secondary N) is 1. The van der Waals surface area contributed by atoms with Crippen LogP contribution in [0.25, 0.3) is 10.9 Å². The number of nitrogens with zero attached hydrogens (tertiary/aromatic N) is 3. The predicted octanol–water partition coefficient (Wildman–Crippen LogP) is 2.39. The van der Waals surface area contributed by atoms with E-state index in [-0.39, 0.29) is 17.3 Å². The summed E-state index contributed by atoms with van der Waals surface area (Å²) >= 11 is 11.4. The van der Waals surface area contributed by atoms with Gasteiger partial charge in [-0.3, -0.25) is 19.2 Å². The third kappa shape index (κ3) is 3.16. The SMILES string of the molecule is CCN1CCN(CC2CSc3c(Br)c(Cl)cc4c(=O)[nH]c(=O)n2c34)CC1. The normalized spacial score (nSPS) is 21.4. The summed E-state index contributed by atoms with van der Waals surface area (Å²) in [7, 11) is 0. The fraction of sp³-hybridized carbons (Fsp3) is 0.529. The van der Waals surface area contributed by atoms with Crippen molar-refractivity contribution in [3.63, 3.8) is 0 Å². The number of hydrogen-bond donors (Lipinski definition) is 1. The number of aromatic nitrogens is 2. The van der Waals surface area contributed by atoms with E-state index in [9.17, 15) is 9.59 Å². The van der Waals surface area contributed by atoms with E-state index >= 15 is 0 Å². The molecule has 0 radical (unpaired) electrons. The van der Waals surface area contributed by atoms with Crippen molar-refractivity contribution in [1.29, 1.82) is 0 Å². The van der Waals surface area contributed by atoms with Crippen LogP contribution in [0.5, 0.6) is 0 Å².